The minimum Gasteiger partial charge on any atom is -0.335 e. The predicted octanol–water partition coefficient (Wildman–Crippen LogP) is 6.51. The van der Waals surface area contributed by atoms with Crippen molar-refractivity contribution in [3.05, 3.63) is 81.9 Å². The molecule has 6 nitrogen and oxygen atoms in total. The number of anilines is 1. The maximum atomic E-state index is 13.8. The first-order valence-corrected chi connectivity index (χ1v) is 10.3. The van der Waals surface area contributed by atoms with Crippen LogP contribution in [0.2, 0.25) is 10.0 Å². The molecule has 0 saturated carbocycles. The van der Waals surface area contributed by atoms with E-state index in [4.69, 9.17) is 28.5 Å². The normalized spacial score (nSPS) is 13.3. The van der Waals surface area contributed by atoms with E-state index in [-0.39, 0.29) is 23.2 Å². The van der Waals surface area contributed by atoms with Crippen LogP contribution in [-0.2, 0) is 18.9 Å². The van der Waals surface area contributed by atoms with Crippen molar-refractivity contribution in [1.29, 1.82) is 5.26 Å². The van der Waals surface area contributed by atoms with Gasteiger partial charge in [0.1, 0.15) is 0 Å². The molecule has 0 bridgehead atoms. The summed E-state index contributed by atoms with van der Waals surface area (Å²) in [5, 5.41) is 14.4. The Balaban J connectivity index is 2.17. The van der Waals surface area contributed by atoms with Crippen molar-refractivity contribution in [3.63, 3.8) is 0 Å². The predicted molar refractivity (Wildman–Crippen MR) is 118 cm³/mol. The zero-order valence-electron chi connectivity index (χ0n) is 17.3. The molecule has 35 heavy (non-hydrogen) atoms. The van der Waals surface area contributed by atoms with Crippen LogP contribution in [0.25, 0.3) is 0 Å². The van der Waals surface area contributed by atoms with Crippen molar-refractivity contribution in [2.24, 2.45) is 4.99 Å². The molecule has 0 aliphatic heterocycles. The van der Waals surface area contributed by atoms with Gasteiger partial charge in [0.25, 0.3) is 0 Å². The van der Waals surface area contributed by atoms with Crippen molar-refractivity contribution in [2.45, 2.75) is 24.9 Å². The largest absolute Gasteiger partial charge is 0.416 e. The lowest BCUT2D eigenvalue weighted by Gasteiger charge is -2.22. The van der Waals surface area contributed by atoms with Crippen LogP contribution in [0.1, 0.15) is 22.7 Å². The van der Waals surface area contributed by atoms with Gasteiger partial charge in [0.2, 0.25) is 5.96 Å². The Morgan fingerprint density at radius 3 is 2.40 bits per heavy atom. The summed E-state index contributed by atoms with van der Waals surface area (Å²) < 4.78 is 82.7. The lowest BCUT2D eigenvalue weighted by Crippen LogP contribution is -2.29. The summed E-state index contributed by atoms with van der Waals surface area (Å²) in [6.45, 7) is -0.322. The number of aliphatic imine (C=N–C) groups is 1. The van der Waals surface area contributed by atoms with Crippen LogP contribution in [0.5, 0.6) is 0 Å². The highest BCUT2D eigenvalue weighted by Gasteiger charge is 2.39. The van der Waals surface area contributed by atoms with E-state index in [9.17, 15) is 26.3 Å². The number of aromatic nitrogens is 2. The minimum absolute atomic E-state index is 0.103. The van der Waals surface area contributed by atoms with E-state index in [1.165, 1.54) is 41.5 Å². The van der Waals surface area contributed by atoms with E-state index in [1.54, 1.807) is 6.19 Å². The third-order valence-corrected chi connectivity index (χ3v) is 5.18. The topological polar surface area (TPSA) is 78.0 Å². The van der Waals surface area contributed by atoms with Crippen LogP contribution in [0.15, 0.2) is 60.1 Å². The smallest absolute Gasteiger partial charge is 0.335 e. The molecule has 0 aliphatic rings. The number of alkyl halides is 6. The van der Waals surface area contributed by atoms with Crippen LogP contribution in [0.3, 0.4) is 0 Å². The first-order valence-electron chi connectivity index (χ1n) is 9.57. The molecule has 0 amide bonds. The quantitative estimate of drug-likeness (QED) is 0.129. The Labute approximate surface area is 204 Å². The lowest BCUT2D eigenvalue weighted by atomic mass is 9.97. The zero-order chi connectivity index (χ0) is 25.8. The second-order valence-electron chi connectivity index (χ2n) is 7.04. The highest BCUT2D eigenvalue weighted by molar-refractivity contribution is 6.36. The molecule has 2 N–H and O–H groups in total. The summed E-state index contributed by atoms with van der Waals surface area (Å²) in [5.41, 5.74) is -3.14. The summed E-state index contributed by atoms with van der Waals surface area (Å²) in [7, 11) is 0. The minimum atomic E-state index is -4.97. The third-order valence-electron chi connectivity index (χ3n) is 4.63. The number of hydrogen-bond acceptors (Lipinski definition) is 3. The molecule has 3 aromatic rings. The Morgan fingerprint density at radius 1 is 1.09 bits per heavy atom. The molecule has 2 aromatic carbocycles. The molecule has 14 heteroatoms. The molecule has 0 radical (unpaired) electrons. The molecule has 0 saturated heterocycles. The number of halogens is 8. The second kappa shape index (κ2) is 10.5. The van der Waals surface area contributed by atoms with Gasteiger partial charge >= 0.3 is 12.4 Å². The van der Waals surface area contributed by atoms with Crippen molar-refractivity contribution in [1.82, 2.24) is 14.9 Å². The number of imidazole rings is 1. The molecule has 1 atom stereocenters. The molecular weight excluding hydrogens is 521 g/mol. The van der Waals surface area contributed by atoms with E-state index in [0.29, 0.717) is 23.2 Å². The number of hydrogen-bond donors (Lipinski definition) is 2. The Kier molecular flexibility index (Phi) is 7.82. The number of guanidine groups is 1. The standard InChI is InChI=1S/C21H14Cl2F6N6/c22-13-2-4-17(16(23)8-13)33-19(32-10-30)34-18(9-35-6-5-31-11-35)14-7-12(20(24,25)26)1-3-15(14)21(27,28)29/h1-8,11,18H,9H2,(H2,32,33,34). The highest BCUT2D eigenvalue weighted by Crippen LogP contribution is 2.40. The molecular formula is C21H14Cl2F6N6. The van der Waals surface area contributed by atoms with Crippen LogP contribution < -0.4 is 10.6 Å². The Bertz CT molecular complexity index is 1250. The monoisotopic (exact) mass is 534 g/mol. The third kappa shape index (κ3) is 6.80. The molecule has 0 aliphatic carbocycles. The SMILES string of the molecule is N#CNC(=NC(Cn1ccnc1)c1cc(C(F)(F)F)ccc1C(F)(F)F)Nc1ccc(Cl)cc1Cl. The number of nitrogens with one attached hydrogen (secondary N) is 2. The first-order chi connectivity index (χ1) is 16.4. The number of nitriles is 1. The van der Waals surface area contributed by atoms with Crippen molar-refractivity contribution >= 4 is 34.8 Å². The van der Waals surface area contributed by atoms with E-state index < -0.39 is 35.1 Å². The van der Waals surface area contributed by atoms with Gasteiger partial charge in [-0.15, -0.1) is 0 Å². The number of nitrogens with zero attached hydrogens (tertiary/aromatic N) is 4. The average molecular weight is 535 g/mol. The molecule has 0 fully saturated rings. The fourth-order valence-corrected chi connectivity index (χ4v) is 3.55. The van der Waals surface area contributed by atoms with E-state index in [1.807, 2.05) is 0 Å². The molecule has 1 unspecified atom stereocenters. The lowest BCUT2D eigenvalue weighted by molar-refractivity contribution is -0.142. The maximum absolute atomic E-state index is 13.8. The van der Waals surface area contributed by atoms with E-state index in [2.05, 4.69) is 20.6 Å². The highest BCUT2D eigenvalue weighted by atomic mass is 35.5. The summed E-state index contributed by atoms with van der Waals surface area (Å²) in [6.07, 6.45) is -4.27. The van der Waals surface area contributed by atoms with Gasteiger partial charge in [-0.25, -0.2) is 9.98 Å². The van der Waals surface area contributed by atoms with Crippen molar-refractivity contribution in [2.75, 3.05) is 5.32 Å². The number of benzene rings is 2. The summed E-state index contributed by atoms with van der Waals surface area (Å²) in [5.74, 6) is -0.354. The molecule has 0 spiro atoms. The Morgan fingerprint density at radius 2 is 1.83 bits per heavy atom. The van der Waals surface area contributed by atoms with Crippen LogP contribution in [0.4, 0.5) is 32.0 Å². The van der Waals surface area contributed by atoms with E-state index >= 15 is 0 Å². The molecule has 1 heterocycles. The van der Waals surface area contributed by atoms with Gasteiger partial charge in [-0.2, -0.15) is 31.6 Å². The van der Waals surface area contributed by atoms with Crippen LogP contribution >= 0.6 is 23.2 Å². The van der Waals surface area contributed by atoms with Gasteiger partial charge in [-0.3, -0.25) is 5.32 Å². The van der Waals surface area contributed by atoms with Gasteiger partial charge < -0.3 is 9.88 Å². The van der Waals surface area contributed by atoms with Gasteiger partial charge in [0, 0.05) is 17.4 Å². The van der Waals surface area contributed by atoms with Gasteiger partial charge in [-0.1, -0.05) is 23.2 Å². The van der Waals surface area contributed by atoms with Crippen LogP contribution in [0, 0.1) is 11.5 Å². The average Bonchev–Trinajstić information content (AvgIpc) is 3.27. The molecule has 3 rings (SSSR count). The van der Waals surface area contributed by atoms with Crippen molar-refractivity contribution < 1.29 is 26.3 Å². The fourth-order valence-electron chi connectivity index (χ4n) is 3.10. The van der Waals surface area contributed by atoms with Gasteiger partial charge in [-0.05, 0) is 42.0 Å². The summed E-state index contributed by atoms with van der Waals surface area (Å²) >= 11 is 12.0. The molecule has 1 aromatic heterocycles. The number of rotatable bonds is 5. The van der Waals surface area contributed by atoms with Crippen molar-refractivity contribution in [3.8, 4) is 6.19 Å². The van der Waals surface area contributed by atoms with Gasteiger partial charge in [0.05, 0.1) is 40.8 Å². The summed E-state index contributed by atoms with van der Waals surface area (Å²) in [4.78, 5) is 7.93. The van der Waals surface area contributed by atoms with Gasteiger partial charge in [0.15, 0.2) is 6.19 Å². The molecule has 184 valence electrons. The second-order valence-corrected chi connectivity index (χ2v) is 7.88. The first kappa shape index (κ1) is 26.2. The van der Waals surface area contributed by atoms with Crippen LogP contribution in [-0.4, -0.2) is 15.5 Å². The zero-order valence-corrected chi connectivity index (χ0v) is 18.8. The fraction of sp³-hybridized carbons (Fsp3) is 0.190. The maximum Gasteiger partial charge on any atom is 0.416 e. The summed E-state index contributed by atoms with van der Waals surface area (Å²) in [6, 6.07) is 3.82. The van der Waals surface area contributed by atoms with E-state index in [0.717, 1.165) is 0 Å². The Hall–Kier alpha value is -3.43.